The van der Waals surface area contributed by atoms with Crippen molar-refractivity contribution in [1.29, 1.82) is 0 Å². The first-order chi connectivity index (χ1) is 8.60. The number of esters is 1. The summed E-state index contributed by atoms with van der Waals surface area (Å²) in [5.41, 5.74) is 1.47. The Morgan fingerprint density at radius 2 is 2.44 bits per heavy atom. The molecule has 1 unspecified atom stereocenters. The molecule has 0 fully saturated rings. The van der Waals surface area contributed by atoms with Gasteiger partial charge in [0.25, 0.3) is 0 Å². The van der Waals surface area contributed by atoms with Crippen molar-refractivity contribution in [1.82, 2.24) is 0 Å². The highest BCUT2D eigenvalue weighted by molar-refractivity contribution is 6.32. The molecule has 6 heteroatoms. The Hall–Kier alpha value is -1.75. The number of phenols is 1. The van der Waals surface area contributed by atoms with Gasteiger partial charge in [0.2, 0.25) is 0 Å². The summed E-state index contributed by atoms with van der Waals surface area (Å²) in [6, 6.07) is 4.80. The molecule has 1 aromatic rings. The van der Waals surface area contributed by atoms with E-state index >= 15 is 0 Å². The third-order valence-electron chi connectivity index (χ3n) is 2.64. The topological polar surface area (TPSA) is 68.1 Å². The smallest absolute Gasteiger partial charge is 0.309 e. The fraction of sp³-hybridized carbons (Fsp3) is 0.333. The highest BCUT2D eigenvalue weighted by Crippen LogP contribution is 2.26. The zero-order valence-electron chi connectivity index (χ0n) is 9.72. The van der Waals surface area contributed by atoms with Gasteiger partial charge in [-0.1, -0.05) is 16.8 Å². The van der Waals surface area contributed by atoms with Crippen LogP contribution in [-0.2, 0) is 14.4 Å². The van der Waals surface area contributed by atoms with Crippen molar-refractivity contribution < 1.29 is 19.5 Å². The summed E-state index contributed by atoms with van der Waals surface area (Å²) in [6.45, 7) is 0. The lowest BCUT2D eigenvalue weighted by Gasteiger charge is -2.05. The zero-order chi connectivity index (χ0) is 13.1. The second-order valence-corrected chi connectivity index (χ2v) is 4.32. The van der Waals surface area contributed by atoms with Crippen LogP contribution in [-0.4, -0.2) is 30.0 Å². The minimum Gasteiger partial charge on any atom is -0.506 e. The number of carbonyl (C=O) groups is 1. The highest BCUT2D eigenvalue weighted by Gasteiger charge is 2.25. The standard InChI is InChI=1S/C12H12ClNO4/c1-17-12(16)6-8-5-10(14-18-8)7-2-3-11(15)9(13)4-7/h2-4,8,15H,5-6H2,1H3. The second-order valence-electron chi connectivity index (χ2n) is 3.92. The lowest BCUT2D eigenvalue weighted by atomic mass is 10.0. The van der Waals surface area contributed by atoms with Crippen molar-refractivity contribution >= 4 is 23.3 Å². The molecule has 0 aliphatic carbocycles. The fourth-order valence-corrected chi connectivity index (χ4v) is 1.84. The molecule has 1 N–H and O–H groups in total. The van der Waals surface area contributed by atoms with Gasteiger partial charge in [0.15, 0.2) is 0 Å². The first kappa shape index (κ1) is 12.7. The van der Waals surface area contributed by atoms with Gasteiger partial charge in [0.1, 0.15) is 11.9 Å². The van der Waals surface area contributed by atoms with E-state index in [2.05, 4.69) is 9.89 Å². The van der Waals surface area contributed by atoms with Crippen LogP contribution in [0.25, 0.3) is 0 Å². The molecule has 1 aromatic carbocycles. The fourth-order valence-electron chi connectivity index (χ4n) is 1.66. The third kappa shape index (κ3) is 2.73. The summed E-state index contributed by atoms with van der Waals surface area (Å²) < 4.78 is 4.56. The highest BCUT2D eigenvalue weighted by atomic mass is 35.5. The molecular formula is C12H12ClNO4. The average Bonchev–Trinajstić information content (AvgIpc) is 2.81. The summed E-state index contributed by atoms with van der Waals surface area (Å²) in [5, 5.41) is 13.5. The van der Waals surface area contributed by atoms with Crippen LogP contribution >= 0.6 is 11.6 Å². The number of ether oxygens (including phenoxy) is 1. The van der Waals surface area contributed by atoms with Gasteiger partial charge in [-0.05, 0) is 18.2 Å². The first-order valence-corrected chi connectivity index (χ1v) is 5.76. The zero-order valence-corrected chi connectivity index (χ0v) is 10.5. The predicted molar refractivity (Wildman–Crippen MR) is 65.8 cm³/mol. The van der Waals surface area contributed by atoms with E-state index in [0.717, 1.165) is 5.56 Å². The maximum atomic E-state index is 11.1. The van der Waals surface area contributed by atoms with Crippen LogP contribution < -0.4 is 0 Å². The monoisotopic (exact) mass is 269 g/mol. The van der Waals surface area contributed by atoms with E-state index in [-0.39, 0.29) is 29.3 Å². The van der Waals surface area contributed by atoms with Crippen molar-refractivity contribution in [2.45, 2.75) is 18.9 Å². The predicted octanol–water partition coefficient (Wildman–Crippen LogP) is 2.10. The Morgan fingerprint density at radius 1 is 1.67 bits per heavy atom. The first-order valence-electron chi connectivity index (χ1n) is 5.38. The van der Waals surface area contributed by atoms with Crippen molar-refractivity contribution in [3.8, 4) is 5.75 Å². The Bertz CT molecular complexity index is 501. The minimum absolute atomic E-state index is 0.0195. The van der Waals surface area contributed by atoms with E-state index in [9.17, 15) is 9.90 Å². The van der Waals surface area contributed by atoms with E-state index < -0.39 is 0 Å². The summed E-state index contributed by atoms with van der Waals surface area (Å²) in [5.74, 6) is -0.314. The van der Waals surface area contributed by atoms with Crippen molar-refractivity contribution in [3.63, 3.8) is 0 Å². The number of nitrogens with zero attached hydrogens (tertiary/aromatic N) is 1. The van der Waals surface area contributed by atoms with E-state index in [1.54, 1.807) is 12.1 Å². The van der Waals surface area contributed by atoms with Gasteiger partial charge in [-0.25, -0.2) is 0 Å². The number of phenolic OH excluding ortho intramolecular Hbond substituents is 1. The summed E-state index contributed by atoms with van der Waals surface area (Å²) in [6.07, 6.45) is 0.367. The van der Waals surface area contributed by atoms with Crippen molar-refractivity contribution in [3.05, 3.63) is 28.8 Å². The number of methoxy groups -OCH3 is 1. The second kappa shape index (κ2) is 5.27. The van der Waals surface area contributed by atoms with Crippen LogP contribution in [0.15, 0.2) is 23.4 Å². The summed E-state index contributed by atoms with van der Waals surface area (Å²) >= 11 is 5.82. The average molecular weight is 270 g/mol. The van der Waals surface area contributed by atoms with Crippen LogP contribution in [0.4, 0.5) is 0 Å². The molecule has 0 bridgehead atoms. The molecule has 0 aromatic heterocycles. The van der Waals surface area contributed by atoms with Crippen molar-refractivity contribution in [2.24, 2.45) is 5.16 Å². The Labute approximate surface area is 109 Å². The molecular weight excluding hydrogens is 258 g/mol. The van der Waals surface area contributed by atoms with E-state index in [0.29, 0.717) is 12.1 Å². The van der Waals surface area contributed by atoms with Crippen LogP contribution in [0.2, 0.25) is 5.02 Å². The van der Waals surface area contributed by atoms with Crippen LogP contribution in [0, 0.1) is 0 Å². The van der Waals surface area contributed by atoms with E-state index in [1.165, 1.54) is 13.2 Å². The molecule has 2 rings (SSSR count). The molecule has 1 aliphatic heterocycles. The molecule has 0 spiro atoms. The normalized spacial score (nSPS) is 18.1. The summed E-state index contributed by atoms with van der Waals surface area (Å²) in [4.78, 5) is 16.2. The number of halogens is 1. The number of hydrogen-bond acceptors (Lipinski definition) is 5. The molecule has 0 amide bonds. The third-order valence-corrected chi connectivity index (χ3v) is 2.94. The minimum atomic E-state index is -0.333. The number of benzene rings is 1. The number of carbonyl (C=O) groups excluding carboxylic acids is 1. The molecule has 0 saturated carbocycles. The number of hydrogen-bond donors (Lipinski definition) is 1. The van der Waals surface area contributed by atoms with Gasteiger partial charge in [-0.3, -0.25) is 4.79 Å². The molecule has 18 heavy (non-hydrogen) atoms. The van der Waals surface area contributed by atoms with Gasteiger partial charge in [-0.2, -0.15) is 0 Å². The Kier molecular flexibility index (Phi) is 3.72. The molecule has 0 saturated heterocycles. The lowest BCUT2D eigenvalue weighted by molar-refractivity contribution is -0.143. The van der Waals surface area contributed by atoms with E-state index in [4.69, 9.17) is 16.4 Å². The van der Waals surface area contributed by atoms with Gasteiger partial charge in [0.05, 0.1) is 24.3 Å². The Morgan fingerprint density at radius 3 is 3.11 bits per heavy atom. The molecule has 1 aliphatic rings. The molecule has 1 atom stereocenters. The number of rotatable bonds is 3. The van der Waals surface area contributed by atoms with Crippen LogP contribution in [0.5, 0.6) is 5.75 Å². The van der Waals surface area contributed by atoms with Crippen molar-refractivity contribution in [2.75, 3.05) is 7.11 Å². The van der Waals surface area contributed by atoms with Gasteiger partial charge in [0, 0.05) is 12.0 Å². The number of aromatic hydroxyl groups is 1. The molecule has 0 radical (unpaired) electrons. The molecule has 5 nitrogen and oxygen atoms in total. The lowest BCUT2D eigenvalue weighted by Crippen LogP contribution is -2.15. The van der Waals surface area contributed by atoms with Gasteiger partial charge >= 0.3 is 5.97 Å². The maximum Gasteiger partial charge on any atom is 0.309 e. The van der Waals surface area contributed by atoms with Crippen LogP contribution in [0.1, 0.15) is 18.4 Å². The Balaban J connectivity index is 2.04. The van der Waals surface area contributed by atoms with Crippen LogP contribution in [0.3, 0.4) is 0 Å². The largest absolute Gasteiger partial charge is 0.506 e. The van der Waals surface area contributed by atoms with Gasteiger partial charge < -0.3 is 14.7 Å². The molecule has 1 heterocycles. The SMILES string of the molecule is COC(=O)CC1CC(c2ccc(O)c(Cl)c2)=NO1. The maximum absolute atomic E-state index is 11.1. The van der Waals surface area contributed by atoms with E-state index in [1.807, 2.05) is 0 Å². The summed E-state index contributed by atoms with van der Waals surface area (Å²) in [7, 11) is 1.33. The molecule has 96 valence electrons. The number of oxime groups is 1. The van der Waals surface area contributed by atoms with Gasteiger partial charge in [-0.15, -0.1) is 0 Å². The quantitative estimate of drug-likeness (QED) is 0.853.